The first-order valence-electron chi connectivity index (χ1n) is 4.33. The number of allylic oxidation sites excluding steroid dienone is 1. The van der Waals surface area contributed by atoms with Crippen LogP contribution in [0, 0.1) is 5.82 Å². The van der Waals surface area contributed by atoms with Crippen LogP contribution in [-0.2, 0) is 9.59 Å². The molecule has 1 N–H and O–H groups in total. The zero-order valence-electron chi connectivity index (χ0n) is 8.33. The molecule has 0 amide bonds. The number of carbonyl (C=O) groups excluding carboxylic acids is 2. The molecule has 84 valence electrons. The van der Waals surface area contributed by atoms with E-state index in [0.717, 1.165) is 13.0 Å². The fourth-order valence-electron chi connectivity index (χ4n) is 1.00. The second kappa shape index (κ2) is 5.03. The maximum Gasteiger partial charge on any atom is 0.224 e. The zero-order chi connectivity index (χ0) is 12.3. The first-order chi connectivity index (χ1) is 7.41. The lowest BCUT2D eigenvalue weighted by molar-refractivity contribution is -0.132. The summed E-state index contributed by atoms with van der Waals surface area (Å²) in [5.41, 5.74) is -0.127. The predicted octanol–water partition coefficient (Wildman–Crippen LogP) is 2.65. The van der Waals surface area contributed by atoms with Crippen molar-refractivity contribution < 1.29 is 19.1 Å². The number of aliphatic hydroxyl groups excluding tert-OH is 1. The fraction of sp³-hybridized carbons (Fsp3) is 0.0909. The molecule has 1 aromatic rings. The first kappa shape index (κ1) is 12.6. The smallest absolute Gasteiger partial charge is 0.224 e. The zero-order valence-corrected chi connectivity index (χ0v) is 9.92. The van der Waals surface area contributed by atoms with Gasteiger partial charge < -0.3 is 5.11 Å². The standard InChI is InChI=1S/C11H8BrFO3/c1-6(14)10(15)5-11(16)8-3-2-7(12)4-9(8)13/h2-5,16H,1H3. The van der Waals surface area contributed by atoms with E-state index in [1.165, 1.54) is 12.1 Å². The molecule has 3 nitrogen and oxygen atoms in total. The van der Waals surface area contributed by atoms with Gasteiger partial charge in [0.1, 0.15) is 11.6 Å². The molecule has 5 heteroatoms. The van der Waals surface area contributed by atoms with E-state index < -0.39 is 23.1 Å². The van der Waals surface area contributed by atoms with Crippen LogP contribution in [-0.4, -0.2) is 16.7 Å². The maximum absolute atomic E-state index is 13.3. The van der Waals surface area contributed by atoms with Gasteiger partial charge in [0.25, 0.3) is 0 Å². The van der Waals surface area contributed by atoms with Crippen LogP contribution in [0.4, 0.5) is 4.39 Å². The van der Waals surface area contributed by atoms with Crippen LogP contribution >= 0.6 is 15.9 Å². The second-order valence-corrected chi connectivity index (χ2v) is 3.99. The summed E-state index contributed by atoms with van der Waals surface area (Å²) in [5, 5.41) is 9.44. The molecule has 0 unspecified atom stereocenters. The average Bonchev–Trinajstić information content (AvgIpc) is 2.16. The Bertz CT molecular complexity index is 480. The van der Waals surface area contributed by atoms with Gasteiger partial charge in [-0.1, -0.05) is 15.9 Å². The summed E-state index contributed by atoms with van der Waals surface area (Å²) in [6.07, 6.45) is 0.703. The molecule has 0 aliphatic heterocycles. The Labute approximate surface area is 99.7 Å². The summed E-state index contributed by atoms with van der Waals surface area (Å²) < 4.78 is 13.8. The molecule has 0 bridgehead atoms. The second-order valence-electron chi connectivity index (χ2n) is 3.07. The van der Waals surface area contributed by atoms with E-state index in [2.05, 4.69) is 15.9 Å². The van der Waals surface area contributed by atoms with Gasteiger partial charge in [-0.15, -0.1) is 0 Å². The number of hydrogen-bond acceptors (Lipinski definition) is 3. The summed E-state index contributed by atoms with van der Waals surface area (Å²) in [7, 11) is 0. The molecule has 1 rings (SSSR count). The largest absolute Gasteiger partial charge is 0.507 e. The molecular formula is C11H8BrFO3. The predicted molar refractivity (Wildman–Crippen MR) is 60.4 cm³/mol. The molecule has 0 aliphatic rings. The van der Waals surface area contributed by atoms with E-state index in [-0.39, 0.29) is 5.56 Å². The van der Waals surface area contributed by atoms with Crippen molar-refractivity contribution >= 4 is 33.3 Å². The monoisotopic (exact) mass is 286 g/mol. The van der Waals surface area contributed by atoms with Crippen molar-refractivity contribution in [3.8, 4) is 0 Å². The Balaban J connectivity index is 3.10. The van der Waals surface area contributed by atoms with Gasteiger partial charge in [0.15, 0.2) is 5.78 Å². The first-order valence-corrected chi connectivity index (χ1v) is 5.12. The molecule has 0 heterocycles. The van der Waals surface area contributed by atoms with Crippen LogP contribution in [0.15, 0.2) is 28.7 Å². The van der Waals surface area contributed by atoms with Crippen molar-refractivity contribution in [3.63, 3.8) is 0 Å². The van der Waals surface area contributed by atoms with Crippen molar-refractivity contribution in [2.75, 3.05) is 0 Å². The molecule has 0 fully saturated rings. The number of benzene rings is 1. The molecule has 0 saturated carbocycles. The molecule has 16 heavy (non-hydrogen) atoms. The number of Topliss-reactive ketones (excluding diaryl/α,β-unsaturated/α-hetero) is 1. The minimum Gasteiger partial charge on any atom is -0.507 e. The molecule has 0 spiro atoms. The van der Waals surface area contributed by atoms with E-state index in [0.29, 0.717) is 10.5 Å². The maximum atomic E-state index is 13.3. The molecular weight excluding hydrogens is 279 g/mol. The van der Waals surface area contributed by atoms with Crippen LogP contribution in [0.1, 0.15) is 12.5 Å². The van der Waals surface area contributed by atoms with Gasteiger partial charge in [-0.05, 0) is 18.2 Å². The van der Waals surface area contributed by atoms with Crippen LogP contribution < -0.4 is 0 Å². The number of ketones is 2. The summed E-state index contributed by atoms with van der Waals surface area (Å²) >= 11 is 3.06. The van der Waals surface area contributed by atoms with E-state index in [9.17, 15) is 19.1 Å². The number of halogens is 2. The van der Waals surface area contributed by atoms with E-state index in [1.807, 2.05) is 0 Å². The number of aliphatic hydroxyl groups is 1. The van der Waals surface area contributed by atoms with Gasteiger partial charge in [-0.25, -0.2) is 4.39 Å². The quantitative estimate of drug-likeness (QED) is 0.528. The van der Waals surface area contributed by atoms with Gasteiger partial charge in [0, 0.05) is 17.5 Å². The number of carbonyl (C=O) groups is 2. The lowest BCUT2D eigenvalue weighted by Crippen LogP contribution is -2.06. The van der Waals surface area contributed by atoms with Crippen molar-refractivity contribution in [1.82, 2.24) is 0 Å². The van der Waals surface area contributed by atoms with Gasteiger partial charge in [-0.3, -0.25) is 9.59 Å². The van der Waals surface area contributed by atoms with Crippen molar-refractivity contribution in [2.24, 2.45) is 0 Å². The SMILES string of the molecule is CC(=O)C(=O)C=C(O)c1ccc(Br)cc1F. The normalized spacial score (nSPS) is 11.3. The van der Waals surface area contributed by atoms with Gasteiger partial charge in [0.05, 0.1) is 5.56 Å². The molecule has 0 atom stereocenters. The Morgan fingerprint density at radius 2 is 2.06 bits per heavy atom. The molecule has 0 aromatic heterocycles. The summed E-state index contributed by atoms with van der Waals surface area (Å²) in [6.45, 7) is 1.07. The average molecular weight is 287 g/mol. The summed E-state index contributed by atoms with van der Waals surface area (Å²) in [6, 6.07) is 3.97. The topological polar surface area (TPSA) is 54.4 Å². The van der Waals surface area contributed by atoms with Gasteiger partial charge in [0.2, 0.25) is 5.78 Å². The summed E-state index contributed by atoms with van der Waals surface area (Å²) in [5.74, 6) is -2.84. The highest BCUT2D eigenvalue weighted by Gasteiger charge is 2.11. The Morgan fingerprint density at radius 3 is 2.56 bits per heavy atom. The Hall–Kier alpha value is -1.49. The number of hydrogen-bond donors (Lipinski definition) is 1. The lowest BCUT2D eigenvalue weighted by atomic mass is 10.1. The van der Waals surface area contributed by atoms with Gasteiger partial charge >= 0.3 is 0 Å². The highest BCUT2D eigenvalue weighted by molar-refractivity contribution is 9.10. The van der Waals surface area contributed by atoms with E-state index in [1.54, 1.807) is 0 Å². The highest BCUT2D eigenvalue weighted by Crippen LogP contribution is 2.20. The third-order valence-electron chi connectivity index (χ3n) is 1.82. The van der Waals surface area contributed by atoms with Crippen molar-refractivity contribution in [1.29, 1.82) is 0 Å². The fourth-order valence-corrected chi connectivity index (χ4v) is 1.33. The van der Waals surface area contributed by atoms with Crippen LogP contribution in [0.5, 0.6) is 0 Å². The third kappa shape index (κ3) is 3.00. The lowest BCUT2D eigenvalue weighted by Gasteiger charge is -2.02. The Morgan fingerprint density at radius 1 is 1.44 bits per heavy atom. The summed E-state index contributed by atoms with van der Waals surface area (Å²) in [4.78, 5) is 21.6. The third-order valence-corrected chi connectivity index (χ3v) is 2.32. The van der Waals surface area contributed by atoms with Gasteiger partial charge in [-0.2, -0.15) is 0 Å². The molecule has 0 saturated heterocycles. The number of rotatable bonds is 3. The minimum absolute atomic E-state index is 0.127. The Kier molecular flexibility index (Phi) is 3.95. The van der Waals surface area contributed by atoms with Crippen LogP contribution in [0.3, 0.4) is 0 Å². The van der Waals surface area contributed by atoms with E-state index >= 15 is 0 Å². The van der Waals surface area contributed by atoms with Crippen molar-refractivity contribution in [3.05, 3.63) is 40.1 Å². The highest BCUT2D eigenvalue weighted by atomic mass is 79.9. The van der Waals surface area contributed by atoms with E-state index in [4.69, 9.17) is 0 Å². The molecule has 0 radical (unpaired) electrons. The molecule has 1 aromatic carbocycles. The van der Waals surface area contributed by atoms with Crippen LogP contribution in [0.25, 0.3) is 5.76 Å². The molecule has 0 aliphatic carbocycles. The minimum atomic E-state index is -0.875. The van der Waals surface area contributed by atoms with Crippen LogP contribution in [0.2, 0.25) is 0 Å². The van der Waals surface area contributed by atoms with Crippen molar-refractivity contribution in [2.45, 2.75) is 6.92 Å².